The summed E-state index contributed by atoms with van der Waals surface area (Å²) in [6.45, 7) is 4.08. The highest BCUT2D eigenvalue weighted by Crippen LogP contribution is 2.05. The highest BCUT2D eigenvalue weighted by Gasteiger charge is 2.14. The average Bonchev–Trinajstić information content (AvgIpc) is 1.76. The fourth-order valence-electron chi connectivity index (χ4n) is 0.961. The Morgan fingerprint density at radius 1 is 1.56 bits per heavy atom. The summed E-state index contributed by atoms with van der Waals surface area (Å²) >= 11 is 0. The molecule has 0 aromatic rings. The molecule has 0 spiro atoms. The third-order valence-electron chi connectivity index (χ3n) is 1.74. The van der Waals surface area contributed by atoms with Gasteiger partial charge < -0.3 is 16.4 Å². The van der Waals surface area contributed by atoms with E-state index in [0.717, 1.165) is 12.5 Å². The van der Waals surface area contributed by atoms with Crippen LogP contribution in [0.25, 0.3) is 0 Å². The maximum absolute atomic E-state index is 5.25. The molecular formula is C6H15N3. The van der Waals surface area contributed by atoms with Crippen molar-refractivity contribution in [2.45, 2.75) is 6.42 Å². The van der Waals surface area contributed by atoms with Gasteiger partial charge in [0.05, 0.1) is 0 Å². The van der Waals surface area contributed by atoms with E-state index in [4.69, 9.17) is 5.73 Å². The normalized spacial score (nSPS) is 19.7. The number of nitrogens with two attached hydrogens (primary N) is 1. The Kier molecular flexibility index (Phi) is 2.97. The van der Waals surface area contributed by atoms with Gasteiger partial charge >= 0.3 is 0 Å². The van der Waals surface area contributed by atoms with E-state index in [1.54, 1.807) is 0 Å². The Balaban J connectivity index is 1.80. The summed E-state index contributed by atoms with van der Waals surface area (Å²) in [5.41, 5.74) is 5.25. The van der Waals surface area contributed by atoms with E-state index >= 15 is 0 Å². The van der Waals surface area contributed by atoms with E-state index in [1.807, 2.05) is 0 Å². The predicted molar refractivity (Wildman–Crippen MR) is 38.0 cm³/mol. The monoisotopic (exact) mass is 129 g/mol. The van der Waals surface area contributed by atoms with Crippen LogP contribution in [0, 0.1) is 5.92 Å². The number of hydrogen-bond donors (Lipinski definition) is 3. The van der Waals surface area contributed by atoms with Crippen molar-refractivity contribution < 1.29 is 0 Å². The molecule has 0 radical (unpaired) electrons. The van der Waals surface area contributed by atoms with E-state index < -0.39 is 0 Å². The van der Waals surface area contributed by atoms with Crippen molar-refractivity contribution in [1.82, 2.24) is 10.6 Å². The molecule has 1 heterocycles. The van der Waals surface area contributed by atoms with Crippen LogP contribution in [0.1, 0.15) is 6.42 Å². The lowest BCUT2D eigenvalue weighted by Gasteiger charge is -2.26. The van der Waals surface area contributed by atoms with Gasteiger partial charge in [-0.05, 0) is 32.0 Å². The third-order valence-corrected chi connectivity index (χ3v) is 1.74. The van der Waals surface area contributed by atoms with Crippen molar-refractivity contribution in [3.05, 3.63) is 0 Å². The van der Waals surface area contributed by atoms with Crippen LogP contribution in [0.4, 0.5) is 0 Å². The molecule has 0 aromatic carbocycles. The van der Waals surface area contributed by atoms with Gasteiger partial charge in [-0.3, -0.25) is 0 Å². The second-order valence-electron chi connectivity index (χ2n) is 2.52. The Morgan fingerprint density at radius 2 is 2.33 bits per heavy atom. The average molecular weight is 129 g/mol. The Bertz CT molecular complexity index is 70.7. The molecule has 0 aromatic heterocycles. The van der Waals surface area contributed by atoms with Crippen molar-refractivity contribution in [3.8, 4) is 0 Å². The molecular weight excluding hydrogens is 114 g/mol. The van der Waals surface area contributed by atoms with Crippen LogP contribution >= 0.6 is 0 Å². The molecule has 0 bridgehead atoms. The molecule has 1 aliphatic rings. The van der Waals surface area contributed by atoms with E-state index in [-0.39, 0.29) is 0 Å². The highest BCUT2D eigenvalue weighted by molar-refractivity contribution is 4.74. The summed E-state index contributed by atoms with van der Waals surface area (Å²) < 4.78 is 0. The van der Waals surface area contributed by atoms with Gasteiger partial charge in [0.25, 0.3) is 0 Å². The van der Waals surface area contributed by atoms with E-state index in [0.29, 0.717) is 6.67 Å². The smallest absolute Gasteiger partial charge is 0.0428 e. The van der Waals surface area contributed by atoms with Crippen LogP contribution in [-0.4, -0.2) is 26.3 Å². The van der Waals surface area contributed by atoms with Crippen LogP contribution in [-0.2, 0) is 0 Å². The topological polar surface area (TPSA) is 50.1 Å². The zero-order valence-electron chi connectivity index (χ0n) is 5.69. The summed E-state index contributed by atoms with van der Waals surface area (Å²) in [5, 5.41) is 6.33. The molecule has 9 heavy (non-hydrogen) atoms. The summed E-state index contributed by atoms with van der Waals surface area (Å²) in [4.78, 5) is 0. The molecule has 54 valence electrons. The lowest BCUT2D eigenvalue weighted by atomic mass is 10.00. The maximum atomic E-state index is 5.25. The van der Waals surface area contributed by atoms with Crippen molar-refractivity contribution in [2.24, 2.45) is 11.7 Å². The van der Waals surface area contributed by atoms with E-state index in [2.05, 4.69) is 10.6 Å². The molecule has 0 amide bonds. The quantitative estimate of drug-likeness (QED) is 0.340. The first-order chi connectivity index (χ1) is 4.43. The summed E-state index contributed by atoms with van der Waals surface area (Å²) in [6, 6.07) is 0. The molecule has 0 unspecified atom stereocenters. The highest BCUT2D eigenvalue weighted by atomic mass is 15.0. The molecule has 1 fully saturated rings. The molecule has 0 aliphatic carbocycles. The molecule has 1 saturated heterocycles. The van der Waals surface area contributed by atoms with E-state index in [9.17, 15) is 0 Å². The molecule has 1 rings (SSSR count). The van der Waals surface area contributed by atoms with Gasteiger partial charge in [0.15, 0.2) is 0 Å². The van der Waals surface area contributed by atoms with Gasteiger partial charge in [-0.15, -0.1) is 0 Å². The SMILES string of the molecule is NCNCCC1CNC1. The molecule has 3 heteroatoms. The number of rotatable bonds is 4. The molecule has 0 atom stereocenters. The van der Waals surface area contributed by atoms with Crippen LogP contribution in [0.2, 0.25) is 0 Å². The summed E-state index contributed by atoms with van der Waals surface area (Å²) in [6.07, 6.45) is 1.27. The Hall–Kier alpha value is -0.120. The fourth-order valence-corrected chi connectivity index (χ4v) is 0.961. The minimum absolute atomic E-state index is 0.611. The minimum atomic E-state index is 0.611. The largest absolute Gasteiger partial charge is 0.318 e. The lowest BCUT2D eigenvalue weighted by molar-refractivity contribution is 0.323. The van der Waals surface area contributed by atoms with E-state index in [1.165, 1.54) is 19.5 Å². The van der Waals surface area contributed by atoms with Crippen LogP contribution in [0.15, 0.2) is 0 Å². The first-order valence-electron chi connectivity index (χ1n) is 3.55. The molecule has 4 N–H and O–H groups in total. The van der Waals surface area contributed by atoms with Gasteiger partial charge in [-0.2, -0.15) is 0 Å². The van der Waals surface area contributed by atoms with Crippen molar-refractivity contribution >= 4 is 0 Å². The summed E-state index contributed by atoms with van der Waals surface area (Å²) in [7, 11) is 0. The van der Waals surface area contributed by atoms with Crippen molar-refractivity contribution in [1.29, 1.82) is 0 Å². The fraction of sp³-hybridized carbons (Fsp3) is 1.00. The predicted octanol–water partition coefficient (Wildman–Crippen LogP) is -0.898. The Morgan fingerprint density at radius 3 is 2.78 bits per heavy atom. The van der Waals surface area contributed by atoms with Crippen LogP contribution in [0.3, 0.4) is 0 Å². The zero-order chi connectivity index (χ0) is 6.53. The second kappa shape index (κ2) is 3.82. The van der Waals surface area contributed by atoms with Crippen LogP contribution < -0.4 is 16.4 Å². The third kappa shape index (κ3) is 2.30. The second-order valence-corrected chi connectivity index (χ2v) is 2.52. The van der Waals surface area contributed by atoms with Crippen molar-refractivity contribution in [2.75, 3.05) is 26.3 Å². The van der Waals surface area contributed by atoms with Gasteiger partial charge in [0.2, 0.25) is 0 Å². The molecule has 1 aliphatic heterocycles. The first-order valence-corrected chi connectivity index (χ1v) is 3.55. The summed E-state index contributed by atoms with van der Waals surface area (Å²) in [5.74, 6) is 0.907. The van der Waals surface area contributed by atoms with Gasteiger partial charge in [-0.25, -0.2) is 0 Å². The van der Waals surface area contributed by atoms with Gasteiger partial charge in [0, 0.05) is 6.67 Å². The lowest BCUT2D eigenvalue weighted by Crippen LogP contribution is -2.43. The number of hydrogen-bond acceptors (Lipinski definition) is 3. The number of nitrogens with one attached hydrogen (secondary N) is 2. The van der Waals surface area contributed by atoms with Crippen molar-refractivity contribution in [3.63, 3.8) is 0 Å². The molecule has 3 nitrogen and oxygen atoms in total. The standard InChI is InChI=1S/C6H15N3/c7-5-8-2-1-6-3-9-4-6/h6,8-9H,1-5,7H2. The minimum Gasteiger partial charge on any atom is -0.318 e. The zero-order valence-corrected chi connectivity index (χ0v) is 5.69. The first kappa shape index (κ1) is 6.99. The van der Waals surface area contributed by atoms with Crippen LogP contribution in [0.5, 0.6) is 0 Å². The van der Waals surface area contributed by atoms with Gasteiger partial charge in [0.1, 0.15) is 0 Å². The molecule has 0 saturated carbocycles. The van der Waals surface area contributed by atoms with Gasteiger partial charge in [-0.1, -0.05) is 0 Å². The maximum Gasteiger partial charge on any atom is 0.0428 e. The Labute approximate surface area is 56.0 Å².